The minimum Gasteiger partial charge on any atom is -0.378 e. The summed E-state index contributed by atoms with van der Waals surface area (Å²) in [4.78, 5) is 14.3. The summed E-state index contributed by atoms with van der Waals surface area (Å²) < 4.78 is 5.27. The topological polar surface area (TPSA) is 53.6 Å². The molecule has 1 aliphatic heterocycles. The van der Waals surface area contributed by atoms with E-state index in [1.807, 2.05) is 31.2 Å². The predicted molar refractivity (Wildman–Crippen MR) is 83.1 cm³/mol. The van der Waals surface area contributed by atoms with Crippen LogP contribution in [0.5, 0.6) is 0 Å². The van der Waals surface area contributed by atoms with Crippen LogP contribution in [-0.2, 0) is 4.74 Å². The third-order valence-electron chi connectivity index (χ3n) is 3.04. The first-order valence-corrected chi connectivity index (χ1v) is 7.14. The molecule has 1 saturated heterocycles. The van der Waals surface area contributed by atoms with Crippen LogP contribution in [0.15, 0.2) is 24.3 Å². The fraction of sp³-hybridized carbons (Fsp3) is 0.429. The summed E-state index contributed by atoms with van der Waals surface area (Å²) in [5.74, 6) is 0.00991. The van der Waals surface area contributed by atoms with Gasteiger partial charge in [0.1, 0.15) is 0 Å². The molecule has 1 fully saturated rings. The second kappa shape index (κ2) is 7.21. The zero-order valence-corrected chi connectivity index (χ0v) is 12.3. The van der Waals surface area contributed by atoms with Crippen LogP contribution in [0.25, 0.3) is 0 Å². The minimum absolute atomic E-state index is 0.00991. The fourth-order valence-corrected chi connectivity index (χ4v) is 2.30. The van der Waals surface area contributed by atoms with Crippen LogP contribution in [0.4, 0.5) is 5.69 Å². The van der Waals surface area contributed by atoms with Crippen molar-refractivity contribution < 1.29 is 9.53 Å². The lowest BCUT2D eigenvalue weighted by Crippen LogP contribution is -2.41. The smallest absolute Gasteiger partial charge is 0.256 e. The minimum atomic E-state index is 0.00991. The van der Waals surface area contributed by atoms with Crippen LogP contribution in [-0.4, -0.2) is 48.8 Å². The van der Waals surface area contributed by atoms with Crippen molar-refractivity contribution >= 4 is 28.9 Å². The van der Waals surface area contributed by atoms with Gasteiger partial charge < -0.3 is 20.3 Å². The van der Waals surface area contributed by atoms with Crippen molar-refractivity contribution in [3.63, 3.8) is 0 Å². The van der Waals surface area contributed by atoms with Crippen LogP contribution >= 0.6 is 12.2 Å². The fourth-order valence-electron chi connectivity index (χ4n) is 2.04. The van der Waals surface area contributed by atoms with E-state index in [0.29, 0.717) is 37.0 Å². The van der Waals surface area contributed by atoms with Gasteiger partial charge in [-0.25, -0.2) is 0 Å². The molecule has 0 atom stereocenters. The van der Waals surface area contributed by atoms with Gasteiger partial charge >= 0.3 is 0 Å². The normalized spacial score (nSPS) is 14.8. The zero-order valence-electron chi connectivity index (χ0n) is 11.5. The zero-order chi connectivity index (χ0) is 14.4. The first-order chi connectivity index (χ1) is 9.72. The molecule has 0 bridgehead atoms. The van der Waals surface area contributed by atoms with Crippen molar-refractivity contribution in [3.05, 3.63) is 29.8 Å². The first kappa shape index (κ1) is 14.7. The van der Waals surface area contributed by atoms with Gasteiger partial charge in [-0.15, -0.1) is 0 Å². The van der Waals surface area contributed by atoms with Crippen LogP contribution in [0, 0.1) is 0 Å². The highest BCUT2D eigenvalue weighted by molar-refractivity contribution is 7.80. The summed E-state index contributed by atoms with van der Waals surface area (Å²) in [6.07, 6.45) is 0. The highest BCUT2D eigenvalue weighted by Crippen LogP contribution is 2.18. The van der Waals surface area contributed by atoms with E-state index in [9.17, 15) is 4.79 Å². The molecule has 0 aromatic heterocycles. The number of carbonyl (C=O) groups is 1. The predicted octanol–water partition coefficient (Wildman–Crippen LogP) is 1.47. The van der Waals surface area contributed by atoms with Gasteiger partial charge in [0, 0.05) is 19.6 Å². The number of benzene rings is 1. The van der Waals surface area contributed by atoms with E-state index in [1.54, 1.807) is 4.90 Å². The summed E-state index contributed by atoms with van der Waals surface area (Å²) in [6.45, 7) is 5.16. The van der Waals surface area contributed by atoms with E-state index in [0.717, 1.165) is 12.2 Å². The Morgan fingerprint density at radius 3 is 2.75 bits per heavy atom. The summed E-state index contributed by atoms with van der Waals surface area (Å²) in [5, 5.41) is 6.61. The molecule has 0 radical (unpaired) electrons. The molecule has 1 aromatic rings. The molecule has 2 rings (SSSR count). The number of para-hydroxylation sites is 1. The lowest BCUT2D eigenvalue weighted by atomic mass is 10.1. The Morgan fingerprint density at radius 2 is 2.05 bits per heavy atom. The van der Waals surface area contributed by atoms with E-state index < -0.39 is 0 Å². The molecular formula is C14H19N3O2S. The number of hydrogen-bond acceptors (Lipinski definition) is 3. The summed E-state index contributed by atoms with van der Waals surface area (Å²) in [6, 6.07) is 7.41. The Balaban J connectivity index is 2.14. The van der Waals surface area contributed by atoms with Crippen molar-refractivity contribution in [1.29, 1.82) is 0 Å². The molecular weight excluding hydrogens is 274 g/mol. The number of anilines is 1. The third kappa shape index (κ3) is 3.68. The maximum atomic E-state index is 12.5. The van der Waals surface area contributed by atoms with E-state index in [1.165, 1.54) is 0 Å². The van der Waals surface area contributed by atoms with Crippen molar-refractivity contribution in [2.45, 2.75) is 6.92 Å². The van der Waals surface area contributed by atoms with E-state index in [2.05, 4.69) is 10.6 Å². The molecule has 1 heterocycles. The van der Waals surface area contributed by atoms with Gasteiger partial charge in [-0.3, -0.25) is 4.79 Å². The average Bonchev–Trinajstić information content (AvgIpc) is 2.48. The molecule has 5 nitrogen and oxygen atoms in total. The van der Waals surface area contributed by atoms with Crippen molar-refractivity contribution in [3.8, 4) is 0 Å². The highest BCUT2D eigenvalue weighted by atomic mass is 32.1. The number of nitrogens with zero attached hydrogens (tertiary/aromatic N) is 1. The second-order valence-electron chi connectivity index (χ2n) is 4.43. The third-order valence-corrected chi connectivity index (χ3v) is 3.29. The Bertz CT molecular complexity index is 487. The monoisotopic (exact) mass is 293 g/mol. The number of hydrogen-bond donors (Lipinski definition) is 2. The molecule has 0 aliphatic carbocycles. The van der Waals surface area contributed by atoms with Crippen LogP contribution in [0.2, 0.25) is 0 Å². The highest BCUT2D eigenvalue weighted by Gasteiger charge is 2.20. The molecule has 6 heteroatoms. The van der Waals surface area contributed by atoms with Gasteiger partial charge in [0.2, 0.25) is 0 Å². The molecule has 1 amide bonds. The van der Waals surface area contributed by atoms with Gasteiger partial charge in [0.05, 0.1) is 24.5 Å². The Morgan fingerprint density at radius 1 is 1.35 bits per heavy atom. The Hall–Kier alpha value is -1.66. The van der Waals surface area contributed by atoms with Crippen LogP contribution in [0.3, 0.4) is 0 Å². The van der Waals surface area contributed by atoms with Crippen molar-refractivity contribution in [2.75, 3.05) is 38.2 Å². The number of thiocarbonyl (C=S) groups is 1. The molecule has 0 saturated carbocycles. The molecule has 20 heavy (non-hydrogen) atoms. The number of carbonyl (C=O) groups excluding carboxylic acids is 1. The number of amides is 1. The molecule has 0 unspecified atom stereocenters. The second-order valence-corrected chi connectivity index (χ2v) is 4.84. The SMILES string of the molecule is CCNC(=S)Nc1ccccc1C(=O)N1CCOCC1. The summed E-state index contributed by atoms with van der Waals surface area (Å²) in [5.41, 5.74) is 1.37. The van der Waals surface area contributed by atoms with Crippen LogP contribution < -0.4 is 10.6 Å². The van der Waals surface area contributed by atoms with E-state index in [4.69, 9.17) is 17.0 Å². The van der Waals surface area contributed by atoms with Gasteiger partial charge in [-0.2, -0.15) is 0 Å². The lowest BCUT2D eigenvalue weighted by Gasteiger charge is -2.27. The van der Waals surface area contributed by atoms with E-state index >= 15 is 0 Å². The van der Waals surface area contributed by atoms with Gasteiger partial charge in [-0.1, -0.05) is 12.1 Å². The molecule has 1 aromatic carbocycles. The summed E-state index contributed by atoms with van der Waals surface area (Å²) >= 11 is 5.17. The number of ether oxygens (including phenoxy) is 1. The van der Waals surface area contributed by atoms with E-state index in [-0.39, 0.29) is 5.91 Å². The number of rotatable bonds is 3. The Labute approximate surface area is 124 Å². The standard InChI is InChI=1S/C14H19N3O2S/c1-2-15-14(20)16-12-6-4-3-5-11(12)13(18)17-7-9-19-10-8-17/h3-6H,2,7-10H2,1H3,(H2,15,16,20). The number of morpholine rings is 1. The number of nitrogens with one attached hydrogen (secondary N) is 2. The van der Waals surface area contributed by atoms with Crippen molar-refractivity contribution in [2.24, 2.45) is 0 Å². The lowest BCUT2D eigenvalue weighted by molar-refractivity contribution is 0.0303. The van der Waals surface area contributed by atoms with Gasteiger partial charge in [0.25, 0.3) is 5.91 Å². The van der Waals surface area contributed by atoms with Crippen LogP contribution in [0.1, 0.15) is 17.3 Å². The Kier molecular flexibility index (Phi) is 5.31. The van der Waals surface area contributed by atoms with Gasteiger partial charge in [-0.05, 0) is 31.3 Å². The quantitative estimate of drug-likeness (QED) is 0.827. The molecule has 108 valence electrons. The maximum absolute atomic E-state index is 12.5. The maximum Gasteiger partial charge on any atom is 0.256 e. The average molecular weight is 293 g/mol. The summed E-state index contributed by atoms with van der Waals surface area (Å²) in [7, 11) is 0. The largest absolute Gasteiger partial charge is 0.378 e. The first-order valence-electron chi connectivity index (χ1n) is 6.73. The van der Waals surface area contributed by atoms with Gasteiger partial charge in [0.15, 0.2) is 5.11 Å². The van der Waals surface area contributed by atoms with Crippen molar-refractivity contribution in [1.82, 2.24) is 10.2 Å². The molecule has 1 aliphatic rings. The molecule has 0 spiro atoms. The molecule has 2 N–H and O–H groups in total.